The third-order valence-corrected chi connectivity index (χ3v) is 0. The van der Waals surface area contributed by atoms with Gasteiger partial charge in [0, 0.05) is 0 Å². The molecule has 0 amide bonds. The molecule has 0 N–H and O–H groups in total. The number of carbonyl (C=O) groups is 1. The van der Waals surface area contributed by atoms with Crippen LogP contribution in [0.25, 0.3) is 0 Å². The van der Waals surface area contributed by atoms with Crippen LogP contribution in [0.5, 0.6) is 0 Å². The number of hydrogen-bond acceptors (Lipinski definition) is 3. The molecule has 0 unspecified atom stereocenters. The van der Waals surface area contributed by atoms with Gasteiger partial charge in [-0.05, 0) is 6.16 Å². The van der Waals surface area contributed by atoms with Gasteiger partial charge in [0.25, 0.3) is 0 Å². The molecule has 3 nitrogen and oxygen atoms in total. The van der Waals surface area contributed by atoms with Crippen molar-refractivity contribution < 1.29 is 149 Å². The Balaban J connectivity index is -0.00000000750. The molecule has 0 aromatic carbocycles. The van der Waals surface area contributed by atoms with Crippen LogP contribution in [0.2, 0.25) is 0 Å². The fraction of sp³-hybridized carbons (Fsp3) is 0. The molecular weight excluding hydrogens is 272 g/mol. The van der Waals surface area contributed by atoms with Crippen LogP contribution in [0.1, 0.15) is 0 Å². The smallest absolute Gasteiger partial charge is 1.00 e. The fourth-order valence-corrected chi connectivity index (χ4v) is 0. The van der Waals surface area contributed by atoms with Gasteiger partial charge in [-0.15, -0.1) is 0 Å². The Morgan fingerprint density at radius 2 is 1.12 bits per heavy atom. The molecular formula is CIKNa2O3. The van der Waals surface area contributed by atoms with Crippen LogP contribution in [0.15, 0.2) is 0 Å². The minimum atomic E-state index is -2.33. The first-order chi connectivity index (χ1) is 1.73. The molecule has 0 spiro atoms. The van der Waals surface area contributed by atoms with Crippen LogP contribution in [0, 0.1) is 0 Å². The molecule has 0 aliphatic rings. The Kier molecular flexibility index (Phi) is 83.8. The summed E-state index contributed by atoms with van der Waals surface area (Å²) in [6, 6.07) is 0. The summed E-state index contributed by atoms with van der Waals surface area (Å²) in [5.41, 5.74) is 0. The zero-order chi connectivity index (χ0) is 3.58. The van der Waals surface area contributed by atoms with Gasteiger partial charge >= 0.3 is 110 Å². The normalized spacial score (nSPS) is 3.00. The molecule has 0 aromatic rings. The molecule has 0 rings (SSSR count). The van der Waals surface area contributed by atoms with E-state index in [2.05, 4.69) is 0 Å². The number of carboxylic acid groups (broad SMARTS) is 2. The Bertz CT molecular complexity index is 40.3. The Morgan fingerprint density at radius 3 is 1.12 bits per heavy atom. The zero-order valence-electron chi connectivity index (χ0n) is 5.10. The maximum absolute atomic E-state index is 8.33. The molecule has 0 aliphatic heterocycles. The van der Waals surface area contributed by atoms with Crippen molar-refractivity contribution in [1.82, 2.24) is 0 Å². The van der Waals surface area contributed by atoms with Crippen molar-refractivity contribution >= 4 is 6.16 Å². The summed E-state index contributed by atoms with van der Waals surface area (Å²) in [6.45, 7) is 0. The molecule has 7 heteroatoms. The molecule has 0 saturated heterocycles. The zero-order valence-corrected chi connectivity index (χ0v) is 14.4. The van der Waals surface area contributed by atoms with E-state index in [4.69, 9.17) is 15.0 Å². The summed E-state index contributed by atoms with van der Waals surface area (Å²) in [5, 5.41) is 16.7. The van der Waals surface area contributed by atoms with Crippen LogP contribution in [0.4, 0.5) is 4.79 Å². The molecule has 0 aromatic heterocycles. The standard InChI is InChI=1S/CH2O3.HI.K.2Na/c2-1(3)4;;;;/h(H2,2,3,4);1H;;;/q;;3*+1/p-3. The summed E-state index contributed by atoms with van der Waals surface area (Å²) in [4.78, 5) is 8.33. The molecule has 0 saturated carbocycles. The second-order valence-corrected chi connectivity index (χ2v) is 0.250. The average Bonchev–Trinajstić information content (AvgIpc) is 0.811. The van der Waals surface area contributed by atoms with E-state index in [-0.39, 0.29) is 134 Å². The van der Waals surface area contributed by atoms with E-state index in [9.17, 15) is 0 Å². The molecule has 0 fully saturated rings. The summed E-state index contributed by atoms with van der Waals surface area (Å²) in [5.74, 6) is 0. The quantitative estimate of drug-likeness (QED) is 0.325. The van der Waals surface area contributed by atoms with Gasteiger partial charge in [0.1, 0.15) is 0 Å². The van der Waals surface area contributed by atoms with Crippen molar-refractivity contribution in [2.24, 2.45) is 0 Å². The second-order valence-electron chi connectivity index (χ2n) is 0.250. The van der Waals surface area contributed by atoms with E-state index >= 15 is 0 Å². The van der Waals surface area contributed by atoms with E-state index in [0.29, 0.717) is 0 Å². The van der Waals surface area contributed by atoms with E-state index in [1.165, 1.54) is 0 Å². The average molecular weight is 272 g/mol. The summed E-state index contributed by atoms with van der Waals surface area (Å²) >= 11 is 0. The molecule has 0 heterocycles. The van der Waals surface area contributed by atoms with Gasteiger partial charge in [0.15, 0.2) is 0 Å². The predicted octanol–water partition coefficient (Wildman–Crippen LogP) is -14.4. The van der Waals surface area contributed by atoms with Crippen molar-refractivity contribution in [1.29, 1.82) is 0 Å². The van der Waals surface area contributed by atoms with Crippen LogP contribution in [0.3, 0.4) is 0 Å². The fourth-order valence-electron chi connectivity index (χ4n) is 0. The number of rotatable bonds is 0. The summed E-state index contributed by atoms with van der Waals surface area (Å²) in [7, 11) is 0. The van der Waals surface area contributed by atoms with E-state index in [1.807, 2.05) is 0 Å². The van der Waals surface area contributed by atoms with Gasteiger partial charge in [0.05, 0.1) is 0 Å². The molecule has 0 radical (unpaired) electrons. The largest absolute Gasteiger partial charge is 1.00 e. The van der Waals surface area contributed by atoms with Crippen LogP contribution in [-0.4, -0.2) is 6.16 Å². The minimum absolute atomic E-state index is 0. The van der Waals surface area contributed by atoms with Crippen molar-refractivity contribution in [3.63, 3.8) is 0 Å². The molecule has 0 aliphatic carbocycles. The Labute approximate surface area is 151 Å². The van der Waals surface area contributed by atoms with Gasteiger partial charge in [-0.25, -0.2) is 0 Å². The van der Waals surface area contributed by atoms with Crippen molar-refractivity contribution in [2.75, 3.05) is 0 Å². The number of halogens is 1. The number of hydrogen-bond donors (Lipinski definition) is 0. The maximum Gasteiger partial charge on any atom is 1.00 e. The van der Waals surface area contributed by atoms with Gasteiger partial charge in [-0.2, -0.15) is 0 Å². The topological polar surface area (TPSA) is 63.2 Å². The molecule has 0 bridgehead atoms. The minimum Gasteiger partial charge on any atom is -1.00 e. The van der Waals surface area contributed by atoms with Gasteiger partial charge in [0.2, 0.25) is 0 Å². The van der Waals surface area contributed by atoms with E-state index < -0.39 is 6.16 Å². The van der Waals surface area contributed by atoms with Crippen molar-refractivity contribution in [2.45, 2.75) is 0 Å². The van der Waals surface area contributed by atoms with E-state index in [0.717, 1.165) is 0 Å². The molecule has 32 valence electrons. The van der Waals surface area contributed by atoms with Crippen LogP contribution >= 0.6 is 0 Å². The van der Waals surface area contributed by atoms with E-state index in [1.54, 1.807) is 0 Å². The summed E-state index contributed by atoms with van der Waals surface area (Å²) < 4.78 is 0. The SMILES string of the molecule is O=C([O-])[O-].[I-].[K+].[Na+].[Na+]. The van der Waals surface area contributed by atoms with Crippen molar-refractivity contribution in [3.05, 3.63) is 0 Å². The third kappa shape index (κ3) is 54.4. The second kappa shape index (κ2) is 22.4. The van der Waals surface area contributed by atoms with Gasteiger partial charge in [-0.3, -0.25) is 0 Å². The summed E-state index contributed by atoms with van der Waals surface area (Å²) in [6.07, 6.45) is -2.33. The predicted molar refractivity (Wildman–Crippen MR) is 5.40 cm³/mol. The molecule has 0 atom stereocenters. The Hall–Kier alpha value is 3.64. The number of carbonyl (C=O) groups excluding carboxylic acids is 1. The third-order valence-electron chi connectivity index (χ3n) is 0. The maximum atomic E-state index is 8.33. The van der Waals surface area contributed by atoms with Crippen LogP contribution < -0.4 is 145 Å². The first kappa shape index (κ1) is 29.9. The monoisotopic (exact) mass is 272 g/mol. The van der Waals surface area contributed by atoms with Crippen LogP contribution in [-0.2, 0) is 0 Å². The first-order valence-corrected chi connectivity index (χ1v) is 0.612. The van der Waals surface area contributed by atoms with Gasteiger partial charge in [-0.1, -0.05) is 0 Å². The molecule has 8 heavy (non-hydrogen) atoms. The Morgan fingerprint density at radius 1 is 1.12 bits per heavy atom. The van der Waals surface area contributed by atoms with Crippen molar-refractivity contribution in [3.8, 4) is 0 Å². The first-order valence-electron chi connectivity index (χ1n) is 0.612. The van der Waals surface area contributed by atoms with Gasteiger partial charge < -0.3 is 39.0 Å².